The number of hydrogen-bond donors (Lipinski definition) is 0. The molecule has 0 heterocycles. The second-order valence-corrected chi connectivity index (χ2v) is 7.26. The summed E-state index contributed by atoms with van der Waals surface area (Å²) in [6.45, 7) is 7.85. The van der Waals surface area contributed by atoms with E-state index < -0.39 is 0 Å². The quantitative estimate of drug-likeness (QED) is 0.187. The molecule has 0 N–H and O–H groups in total. The van der Waals surface area contributed by atoms with Crippen LogP contribution in [0.1, 0.15) is 39.5 Å². The highest BCUT2D eigenvalue weighted by Gasteiger charge is 2.17. The van der Waals surface area contributed by atoms with Crippen LogP contribution in [0.5, 0.6) is 5.75 Å². The van der Waals surface area contributed by atoms with Crippen molar-refractivity contribution < 1.29 is 14.3 Å². The zero-order valence-electron chi connectivity index (χ0n) is 16.7. The fourth-order valence-electron chi connectivity index (χ4n) is 3.35. The summed E-state index contributed by atoms with van der Waals surface area (Å²) >= 11 is 0. The van der Waals surface area contributed by atoms with Crippen molar-refractivity contribution in [2.45, 2.75) is 45.6 Å². The number of rotatable bonds is 9. The molecular formula is C25H28O3. The minimum Gasteiger partial charge on any atom is -0.488 e. The zero-order chi connectivity index (χ0) is 19.9. The zero-order valence-corrected chi connectivity index (χ0v) is 16.7. The molecule has 1 atom stereocenters. The molecule has 0 fully saturated rings. The molecule has 1 unspecified atom stereocenters. The van der Waals surface area contributed by atoms with Crippen LogP contribution in [0, 0.1) is 0 Å². The molecule has 3 heteroatoms. The molecule has 0 spiro atoms. The molecule has 0 bridgehead atoms. The van der Waals surface area contributed by atoms with Crippen LogP contribution in [0.4, 0.5) is 0 Å². The molecule has 0 amide bonds. The van der Waals surface area contributed by atoms with Crippen molar-refractivity contribution in [1.29, 1.82) is 0 Å². The molecule has 0 saturated heterocycles. The smallest absolute Gasteiger partial charge is 0.333 e. The third-order valence-electron chi connectivity index (χ3n) is 4.89. The van der Waals surface area contributed by atoms with Gasteiger partial charge in [0.1, 0.15) is 18.5 Å². The first-order valence-corrected chi connectivity index (χ1v) is 10.00. The Labute approximate surface area is 167 Å². The Bertz CT molecular complexity index is 920. The van der Waals surface area contributed by atoms with E-state index in [2.05, 4.69) is 43.8 Å². The third-order valence-corrected chi connectivity index (χ3v) is 4.89. The minimum atomic E-state index is -0.354. The molecule has 0 aliphatic heterocycles. The van der Waals surface area contributed by atoms with E-state index in [0.717, 1.165) is 53.0 Å². The van der Waals surface area contributed by atoms with Gasteiger partial charge in [-0.15, -0.1) is 0 Å². The molecule has 3 rings (SSSR count). The van der Waals surface area contributed by atoms with Gasteiger partial charge in [-0.3, -0.25) is 0 Å². The number of ether oxygens (including phenoxy) is 2. The fraction of sp³-hybridized carbons (Fsp3) is 0.320. The Hall–Kier alpha value is -2.81. The first-order chi connectivity index (χ1) is 13.6. The van der Waals surface area contributed by atoms with E-state index in [0.29, 0.717) is 12.2 Å². The molecule has 146 valence electrons. The molecule has 0 aliphatic carbocycles. The third kappa shape index (κ3) is 4.72. The summed E-state index contributed by atoms with van der Waals surface area (Å²) < 4.78 is 11.9. The molecule has 3 nitrogen and oxygen atoms in total. The van der Waals surface area contributed by atoms with Gasteiger partial charge in [0.05, 0.1) is 0 Å². The Balaban J connectivity index is 1.87. The van der Waals surface area contributed by atoms with E-state index in [1.54, 1.807) is 6.92 Å². The highest BCUT2D eigenvalue weighted by Crippen LogP contribution is 2.35. The van der Waals surface area contributed by atoms with E-state index in [-0.39, 0.29) is 12.1 Å². The number of fused-ring (bicyclic) bond motifs is 2. The van der Waals surface area contributed by atoms with Crippen LogP contribution in [-0.2, 0) is 9.53 Å². The van der Waals surface area contributed by atoms with Gasteiger partial charge in [0.2, 0.25) is 0 Å². The van der Waals surface area contributed by atoms with E-state index >= 15 is 0 Å². The Morgan fingerprint density at radius 3 is 2.18 bits per heavy atom. The van der Waals surface area contributed by atoms with Crippen LogP contribution < -0.4 is 4.74 Å². The predicted octanol–water partition coefficient (Wildman–Crippen LogP) is 6.44. The summed E-state index contributed by atoms with van der Waals surface area (Å²) in [5.74, 6) is 0.494. The van der Waals surface area contributed by atoms with Crippen molar-refractivity contribution in [3.05, 3.63) is 66.7 Å². The maximum absolute atomic E-state index is 12.0. The van der Waals surface area contributed by atoms with Crippen LogP contribution in [0.3, 0.4) is 0 Å². The lowest BCUT2D eigenvalue weighted by atomic mass is 10.0. The van der Waals surface area contributed by atoms with Crippen molar-refractivity contribution >= 4 is 27.5 Å². The fourth-order valence-corrected chi connectivity index (χ4v) is 3.35. The van der Waals surface area contributed by atoms with Gasteiger partial charge in [-0.1, -0.05) is 74.9 Å². The minimum absolute atomic E-state index is 0.284. The number of esters is 1. The normalized spacial score (nSPS) is 12.1. The van der Waals surface area contributed by atoms with Crippen molar-refractivity contribution in [1.82, 2.24) is 0 Å². The van der Waals surface area contributed by atoms with Crippen LogP contribution in [0.2, 0.25) is 0 Å². The van der Waals surface area contributed by atoms with Crippen molar-refractivity contribution in [2.24, 2.45) is 0 Å². The molecule has 3 aromatic carbocycles. The van der Waals surface area contributed by atoms with Gasteiger partial charge in [0, 0.05) is 16.3 Å². The number of benzene rings is 3. The molecule has 0 aromatic heterocycles. The summed E-state index contributed by atoms with van der Waals surface area (Å²) in [6.07, 6.45) is 3.74. The topological polar surface area (TPSA) is 35.5 Å². The number of hydrogen-bond acceptors (Lipinski definition) is 3. The van der Waals surface area contributed by atoms with E-state index in [4.69, 9.17) is 9.47 Å². The summed E-state index contributed by atoms with van der Waals surface area (Å²) in [4.78, 5) is 12.0. The van der Waals surface area contributed by atoms with Gasteiger partial charge in [-0.2, -0.15) is 0 Å². The molecule has 0 aliphatic rings. The SMILES string of the molecule is C=C(C)C(=O)OC(CCCCC)COc1c2ccccc2cc2ccccc12. The Morgan fingerprint density at radius 1 is 1.00 bits per heavy atom. The summed E-state index contributed by atoms with van der Waals surface area (Å²) in [7, 11) is 0. The van der Waals surface area contributed by atoms with Crippen LogP contribution in [0.15, 0.2) is 66.7 Å². The number of unbranched alkanes of at least 4 members (excludes halogenated alkanes) is 2. The highest BCUT2D eigenvalue weighted by molar-refractivity contribution is 6.05. The van der Waals surface area contributed by atoms with Crippen LogP contribution >= 0.6 is 0 Å². The first-order valence-electron chi connectivity index (χ1n) is 10.00. The maximum atomic E-state index is 12.0. The number of carbonyl (C=O) groups is 1. The highest BCUT2D eigenvalue weighted by atomic mass is 16.6. The summed E-state index contributed by atoms with van der Waals surface area (Å²) in [6, 6.07) is 18.6. The van der Waals surface area contributed by atoms with Gasteiger partial charge in [-0.25, -0.2) is 4.79 Å². The standard InChI is InChI=1S/C25H28O3/c1-4-5-6-13-21(28-25(26)18(2)3)17-27-24-22-14-9-7-11-19(22)16-20-12-8-10-15-23(20)24/h7-12,14-16,21H,2,4-6,13,17H2,1,3H3. The Kier molecular flexibility index (Phi) is 6.70. The second-order valence-electron chi connectivity index (χ2n) is 7.26. The second kappa shape index (κ2) is 9.41. The average Bonchev–Trinajstić information content (AvgIpc) is 2.70. The van der Waals surface area contributed by atoms with E-state index in [1.807, 2.05) is 24.3 Å². The molecule has 28 heavy (non-hydrogen) atoms. The van der Waals surface area contributed by atoms with Crippen LogP contribution in [-0.4, -0.2) is 18.7 Å². The van der Waals surface area contributed by atoms with Crippen molar-refractivity contribution in [3.63, 3.8) is 0 Å². The largest absolute Gasteiger partial charge is 0.488 e. The maximum Gasteiger partial charge on any atom is 0.333 e. The summed E-state index contributed by atoms with van der Waals surface area (Å²) in [5, 5.41) is 4.41. The van der Waals surface area contributed by atoms with Gasteiger partial charge >= 0.3 is 5.97 Å². The van der Waals surface area contributed by atoms with E-state index in [1.165, 1.54) is 0 Å². The van der Waals surface area contributed by atoms with E-state index in [9.17, 15) is 4.79 Å². The Morgan fingerprint density at radius 2 is 1.61 bits per heavy atom. The molecule has 3 aromatic rings. The van der Waals surface area contributed by atoms with Gasteiger partial charge in [-0.05, 0) is 36.6 Å². The molecule has 0 saturated carbocycles. The molecule has 0 radical (unpaired) electrons. The lowest BCUT2D eigenvalue weighted by Crippen LogP contribution is -2.25. The van der Waals surface area contributed by atoms with Gasteiger partial charge in [0.25, 0.3) is 0 Å². The average molecular weight is 376 g/mol. The monoisotopic (exact) mass is 376 g/mol. The summed E-state index contributed by atoms with van der Waals surface area (Å²) in [5.41, 5.74) is 0.413. The van der Waals surface area contributed by atoms with Gasteiger partial charge < -0.3 is 9.47 Å². The van der Waals surface area contributed by atoms with Crippen LogP contribution in [0.25, 0.3) is 21.5 Å². The lowest BCUT2D eigenvalue weighted by Gasteiger charge is -2.20. The lowest BCUT2D eigenvalue weighted by molar-refractivity contribution is -0.146. The van der Waals surface area contributed by atoms with Crippen molar-refractivity contribution in [2.75, 3.05) is 6.61 Å². The van der Waals surface area contributed by atoms with Crippen molar-refractivity contribution in [3.8, 4) is 5.75 Å². The first kappa shape index (κ1) is 19.9. The number of carbonyl (C=O) groups excluding carboxylic acids is 1. The molecular weight excluding hydrogens is 348 g/mol. The predicted molar refractivity (Wildman–Crippen MR) is 116 cm³/mol. The van der Waals surface area contributed by atoms with Gasteiger partial charge in [0.15, 0.2) is 0 Å².